The van der Waals surface area contributed by atoms with Gasteiger partial charge in [0.15, 0.2) is 5.82 Å². The topological polar surface area (TPSA) is 91.3 Å². The first-order valence-electron chi connectivity index (χ1n) is 13.7. The van der Waals surface area contributed by atoms with E-state index < -0.39 is 0 Å². The molecule has 3 aromatic heterocycles. The van der Waals surface area contributed by atoms with Crippen molar-refractivity contribution in [3.63, 3.8) is 0 Å². The van der Waals surface area contributed by atoms with Gasteiger partial charge in [-0.1, -0.05) is 59.8 Å². The van der Waals surface area contributed by atoms with Crippen LogP contribution in [0.25, 0.3) is 33.1 Å². The first kappa shape index (κ1) is 28.8. The molecule has 1 N–H and O–H groups in total. The molecule has 6 aromatic rings. The summed E-state index contributed by atoms with van der Waals surface area (Å²) in [5, 5.41) is 15.2. The Labute approximate surface area is 258 Å². The van der Waals surface area contributed by atoms with E-state index in [4.69, 9.17) is 30.8 Å². The number of fused-ring (bicyclic) bond motifs is 2. The molecule has 8 nitrogen and oxygen atoms in total. The van der Waals surface area contributed by atoms with Gasteiger partial charge in [-0.05, 0) is 48.5 Å². The number of benzene rings is 3. The monoisotopic (exact) mass is 609 g/mol. The van der Waals surface area contributed by atoms with Crippen LogP contribution in [0.2, 0.25) is 5.02 Å². The van der Waals surface area contributed by atoms with Gasteiger partial charge in [-0.3, -0.25) is 4.98 Å². The molecule has 0 amide bonds. The minimum Gasteiger partial charge on any atom is -0.475 e. The third-order valence-corrected chi connectivity index (χ3v) is 7.89. The molecule has 0 aliphatic rings. The van der Waals surface area contributed by atoms with Crippen molar-refractivity contribution in [2.45, 2.75) is 9.79 Å². The van der Waals surface area contributed by atoms with Gasteiger partial charge in [-0.2, -0.15) is 0 Å². The predicted octanol–water partition coefficient (Wildman–Crippen LogP) is 7.83. The average Bonchev–Trinajstić information content (AvgIpc) is 3.04. The van der Waals surface area contributed by atoms with E-state index in [0.29, 0.717) is 43.1 Å². The molecule has 3 aromatic carbocycles. The average molecular weight is 610 g/mol. The number of aromatic nitrogens is 4. The fourth-order valence-corrected chi connectivity index (χ4v) is 5.51. The number of nitrogens with zero attached hydrogens (tertiary/aromatic N) is 4. The second kappa shape index (κ2) is 13.8. The largest absolute Gasteiger partial charge is 0.475 e. The van der Waals surface area contributed by atoms with Crippen molar-refractivity contribution >= 4 is 56.7 Å². The van der Waals surface area contributed by atoms with E-state index in [1.54, 1.807) is 25.1 Å². The maximum atomic E-state index is 6.09. The van der Waals surface area contributed by atoms with E-state index in [1.807, 2.05) is 72.8 Å². The molecule has 0 aliphatic carbocycles. The van der Waals surface area contributed by atoms with Crippen LogP contribution in [0.4, 0.5) is 11.5 Å². The lowest BCUT2D eigenvalue weighted by Gasteiger charge is -2.12. The van der Waals surface area contributed by atoms with Crippen LogP contribution in [0, 0.1) is 0 Å². The Balaban J connectivity index is 1.17. The molecule has 0 atom stereocenters. The van der Waals surface area contributed by atoms with Gasteiger partial charge >= 0.3 is 0 Å². The number of hydrogen-bond donors (Lipinski definition) is 1. The van der Waals surface area contributed by atoms with Crippen LogP contribution >= 0.6 is 23.4 Å². The van der Waals surface area contributed by atoms with Crippen molar-refractivity contribution in [1.29, 1.82) is 0 Å². The van der Waals surface area contributed by atoms with E-state index in [0.717, 1.165) is 48.5 Å². The van der Waals surface area contributed by atoms with Gasteiger partial charge in [0, 0.05) is 56.2 Å². The number of ether oxygens (including phenoxy) is 3. The van der Waals surface area contributed by atoms with Crippen LogP contribution in [0.15, 0.2) is 107 Å². The summed E-state index contributed by atoms with van der Waals surface area (Å²) in [4.78, 5) is 11.2. The van der Waals surface area contributed by atoms with E-state index >= 15 is 0 Å². The fourth-order valence-electron chi connectivity index (χ4n) is 4.48. The summed E-state index contributed by atoms with van der Waals surface area (Å²) >= 11 is 7.71. The fraction of sp³-hybridized carbons (Fsp3) is 0.152. The number of rotatable bonds is 12. The van der Waals surface area contributed by atoms with E-state index in [2.05, 4.69) is 38.7 Å². The summed E-state index contributed by atoms with van der Waals surface area (Å²) in [7, 11) is 1.65. The molecular formula is C33H28ClN5O3S. The third kappa shape index (κ3) is 7.03. The van der Waals surface area contributed by atoms with Crippen LogP contribution in [0.3, 0.4) is 0 Å². The van der Waals surface area contributed by atoms with Gasteiger partial charge < -0.3 is 19.5 Å². The number of methoxy groups -OCH3 is 1. The maximum Gasteiger partial charge on any atom is 0.214 e. The highest BCUT2D eigenvalue weighted by molar-refractivity contribution is 7.99. The Morgan fingerprint density at radius 3 is 2.40 bits per heavy atom. The highest BCUT2D eigenvalue weighted by Crippen LogP contribution is 2.35. The molecule has 0 spiro atoms. The Morgan fingerprint density at radius 1 is 0.791 bits per heavy atom. The molecule has 0 saturated carbocycles. The summed E-state index contributed by atoms with van der Waals surface area (Å²) in [6, 6.07) is 29.6. The standard InChI is InChI=1S/C33H28ClN5O3S/c1-40-18-19-41-20-21-42-30-15-14-28-32(37-30)29(16-17-35-28)43-25-12-10-24(11-13-25)36-33-27-5-3-2-4-26(27)31(38-39-33)22-6-8-23(34)9-7-22/h2-17H,18-21H2,1H3,(H,36,39). The molecule has 43 heavy (non-hydrogen) atoms. The van der Waals surface area contributed by atoms with Crippen molar-refractivity contribution in [1.82, 2.24) is 20.2 Å². The Bertz CT molecular complexity index is 1840. The number of halogens is 1. The van der Waals surface area contributed by atoms with Gasteiger partial charge in [0.1, 0.15) is 17.8 Å². The zero-order valence-corrected chi connectivity index (χ0v) is 24.9. The normalized spacial score (nSPS) is 11.2. The number of nitrogens with one attached hydrogen (secondary N) is 1. The number of hydrogen-bond acceptors (Lipinski definition) is 9. The third-order valence-electron chi connectivity index (χ3n) is 6.58. The van der Waals surface area contributed by atoms with Gasteiger partial charge in [0.05, 0.1) is 25.3 Å². The second-order valence-corrected chi connectivity index (χ2v) is 11.0. The summed E-state index contributed by atoms with van der Waals surface area (Å²) in [5.74, 6) is 1.22. The summed E-state index contributed by atoms with van der Waals surface area (Å²) < 4.78 is 16.3. The molecular weight excluding hydrogens is 582 g/mol. The lowest BCUT2D eigenvalue weighted by atomic mass is 10.0. The van der Waals surface area contributed by atoms with Crippen molar-refractivity contribution in [3.05, 3.63) is 102 Å². The van der Waals surface area contributed by atoms with Crippen LogP contribution in [0.1, 0.15) is 0 Å². The number of pyridine rings is 2. The van der Waals surface area contributed by atoms with Crippen LogP contribution in [0.5, 0.6) is 5.88 Å². The molecule has 10 heteroatoms. The summed E-state index contributed by atoms with van der Waals surface area (Å²) in [6.45, 7) is 1.96. The van der Waals surface area contributed by atoms with Crippen molar-refractivity contribution in [2.75, 3.05) is 38.9 Å². The highest BCUT2D eigenvalue weighted by Gasteiger charge is 2.12. The summed E-state index contributed by atoms with van der Waals surface area (Å²) in [6.07, 6.45) is 1.80. The Morgan fingerprint density at radius 2 is 1.58 bits per heavy atom. The summed E-state index contributed by atoms with van der Waals surface area (Å²) in [5.41, 5.74) is 4.27. The Kier molecular flexibility index (Phi) is 9.25. The van der Waals surface area contributed by atoms with E-state index in [1.165, 1.54) is 0 Å². The molecule has 0 fully saturated rings. The molecule has 3 heterocycles. The first-order valence-corrected chi connectivity index (χ1v) is 14.9. The smallest absolute Gasteiger partial charge is 0.214 e. The maximum absolute atomic E-state index is 6.09. The minimum atomic E-state index is 0.406. The van der Waals surface area contributed by atoms with Crippen molar-refractivity contribution in [3.8, 4) is 17.1 Å². The molecule has 6 rings (SSSR count). The molecule has 0 radical (unpaired) electrons. The van der Waals surface area contributed by atoms with Gasteiger partial charge in [0.25, 0.3) is 0 Å². The van der Waals surface area contributed by atoms with E-state index in [9.17, 15) is 0 Å². The molecule has 216 valence electrons. The number of anilines is 2. The predicted molar refractivity (Wildman–Crippen MR) is 172 cm³/mol. The Hall–Kier alpha value is -4.28. The lowest BCUT2D eigenvalue weighted by molar-refractivity contribution is 0.0537. The van der Waals surface area contributed by atoms with Crippen LogP contribution in [-0.2, 0) is 9.47 Å². The molecule has 0 aliphatic heterocycles. The minimum absolute atomic E-state index is 0.406. The molecule has 0 saturated heterocycles. The molecule has 0 unspecified atom stereocenters. The van der Waals surface area contributed by atoms with Crippen molar-refractivity contribution in [2.24, 2.45) is 0 Å². The second-order valence-electron chi connectivity index (χ2n) is 9.48. The van der Waals surface area contributed by atoms with Gasteiger partial charge in [-0.25, -0.2) is 4.98 Å². The molecule has 0 bridgehead atoms. The first-order chi connectivity index (χ1) is 21.2. The van der Waals surface area contributed by atoms with Gasteiger partial charge in [-0.15, -0.1) is 10.2 Å². The highest BCUT2D eigenvalue weighted by atomic mass is 35.5. The quantitative estimate of drug-likeness (QED) is 0.139. The van der Waals surface area contributed by atoms with E-state index in [-0.39, 0.29) is 0 Å². The zero-order chi connectivity index (χ0) is 29.4. The van der Waals surface area contributed by atoms with Crippen LogP contribution < -0.4 is 10.1 Å². The van der Waals surface area contributed by atoms with Crippen LogP contribution in [-0.4, -0.2) is 53.7 Å². The van der Waals surface area contributed by atoms with Crippen molar-refractivity contribution < 1.29 is 14.2 Å². The van der Waals surface area contributed by atoms with Gasteiger partial charge in [0.2, 0.25) is 5.88 Å². The SMILES string of the molecule is COCCOCCOc1ccc2nccc(Sc3ccc(Nc4nnc(-c5ccc(Cl)cc5)c5ccccc45)cc3)c2n1. The lowest BCUT2D eigenvalue weighted by Crippen LogP contribution is -2.10. The zero-order valence-electron chi connectivity index (χ0n) is 23.4.